The number of unbranched alkanes of at least 4 members (excludes halogenated alkanes) is 1. The van der Waals surface area contributed by atoms with E-state index in [1.54, 1.807) is 0 Å². The molecule has 1 rings (SSSR count). The number of hydrogen-bond donors (Lipinski definition) is 1. The quantitative estimate of drug-likeness (QED) is 0.768. The van der Waals surface area contributed by atoms with Crippen LogP contribution in [-0.2, 0) is 6.54 Å². The first-order valence-corrected chi connectivity index (χ1v) is 6.71. The van der Waals surface area contributed by atoms with Gasteiger partial charge in [-0.1, -0.05) is 19.8 Å². The minimum atomic E-state index is -0.514. The Morgan fingerprint density at radius 2 is 2.06 bits per heavy atom. The third-order valence-corrected chi connectivity index (χ3v) is 3.37. The average Bonchev–Trinajstić information content (AvgIpc) is 2.31. The molecule has 0 bridgehead atoms. The molecule has 1 atom stereocenters. The standard InChI is InChI=1S/C13H18BrF2N/c1-3-4-5-9(2)17-8-10-12(15)7-6-11(14)13(10)16/h6-7,9,17H,3-5,8H2,1-2H3. The molecule has 17 heavy (non-hydrogen) atoms. The van der Waals surface area contributed by atoms with E-state index in [1.165, 1.54) is 12.1 Å². The second-order valence-corrected chi connectivity index (χ2v) is 5.10. The van der Waals surface area contributed by atoms with Crippen LogP contribution in [0.1, 0.15) is 38.7 Å². The largest absolute Gasteiger partial charge is 0.310 e. The minimum absolute atomic E-state index is 0.0997. The van der Waals surface area contributed by atoms with Crippen LogP contribution in [0.2, 0.25) is 0 Å². The number of rotatable bonds is 6. The predicted octanol–water partition coefficient (Wildman–Crippen LogP) is 4.40. The van der Waals surface area contributed by atoms with Crippen molar-refractivity contribution >= 4 is 15.9 Å². The molecule has 0 radical (unpaired) electrons. The van der Waals surface area contributed by atoms with E-state index in [4.69, 9.17) is 0 Å². The van der Waals surface area contributed by atoms with Gasteiger partial charge >= 0.3 is 0 Å². The Morgan fingerprint density at radius 3 is 2.71 bits per heavy atom. The van der Waals surface area contributed by atoms with Crippen molar-refractivity contribution in [2.24, 2.45) is 0 Å². The van der Waals surface area contributed by atoms with Gasteiger partial charge < -0.3 is 5.32 Å². The Kier molecular flexibility index (Phi) is 6.06. The lowest BCUT2D eigenvalue weighted by atomic mass is 10.1. The number of hydrogen-bond acceptors (Lipinski definition) is 1. The zero-order valence-electron chi connectivity index (χ0n) is 10.2. The fraction of sp³-hybridized carbons (Fsp3) is 0.538. The molecule has 1 unspecified atom stereocenters. The maximum Gasteiger partial charge on any atom is 0.144 e. The van der Waals surface area contributed by atoms with Gasteiger partial charge in [-0.05, 0) is 41.4 Å². The van der Waals surface area contributed by atoms with E-state index in [1.807, 2.05) is 6.92 Å². The van der Waals surface area contributed by atoms with Crippen molar-refractivity contribution in [3.05, 3.63) is 33.8 Å². The SMILES string of the molecule is CCCCC(C)NCc1c(F)ccc(Br)c1F. The zero-order valence-corrected chi connectivity index (χ0v) is 11.8. The van der Waals surface area contributed by atoms with E-state index in [-0.39, 0.29) is 18.2 Å². The van der Waals surface area contributed by atoms with Crippen LogP contribution in [0.5, 0.6) is 0 Å². The van der Waals surface area contributed by atoms with Gasteiger partial charge in [0.1, 0.15) is 11.6 Å². The molecule has 0 saturated heterocycles. The molecule has 0 heterocycles. The van der Waals surface area contributed by atoms with E-state index in [2.05, 4.69) is 28.2 Å². The first kappa shape index (κ1) is 14.6. The number of benzene rings is 1. The van der Waals surface area contributed by atoms with Gasteiger partial charge in [-0.25, -0.2) is 8.78 Å². The Hall–Kier alpha value is -0.480. The van der Waals surface area contributed by atoms with E-state index >= 15 is 0 Å². The van der Waals surface area contributed by atoms with Gasteiger partial charge in [-0.2, -0.15) is 0 Å². The normalized spacial score (nSPS) is 12.8. The smallest absolute Gasteiger partial charge is 0.144 e. The average molecular weight is 306 g/mol. The molecule has 1 aromatic rings. The van der Waals surface area contributed by atoms with Crippen molar-refractivity contribution in [3.63, 3.8) is 0 Å². The highest BCUT2D eigenvalue weighted by Crippen LogP contribution is 2.21. The lowest BCUT2D eigenvalue weighted by Crippen LogP contribution is -2.26. The van der Waals surface area contributed by atoms with Crippen molar-refractivity contribution in [2.45, 2.75) is 45.7 Å². The Morgan fingerprint density at radius 1 is 1.35 bits per heavy atom. The van der Waals surface area contributed by atoms with E-state index in [9.17, 15) is 8.78 Å². The summed E-state index contributed by atoms with van der Waals surface area (Å²) >= 11 is 3.06. The second-order valence-electron chi connectivity index (χ2n) is 4.25. The molecule has 1 N–H and O–H groups in total. The highest BCUT2D eigenvalue weighted by atomic mass is 79.9. The monoisotopic (exact) mass is 305 g/mol. The highest BCUT2D eigenvalue weighted by Gasteiger charge is 2.12. The molecule has 0 saturated carbocycles. The molecular formula is C13H18BrF2N. The summed E-state index contributed by atoms with van der Waals surface area (Å²) in [6.45, 7) is 4.38. The first-order chi connectivity index (χ1) is 8.06. The summed E-state index contributed by atoms with van der Waals surface area (Å²) in [6, 6.07) is 2.93. The highest BCUT2D eigenvalue weighted by molar-refractivity contribution is 9.10. The van der Waals surface area contributed by atoms with Crippen LogP contribution in [-0.4, -0.2) is 6.04 Å². The Bertz CT molecular complexity index is 369. The fourth-order valence-electron chi connectivity index (χ4n) is 1.62. The van der Waals surface area contributed by atoms with E-state index in [0.29, 0.717) is 4.47 Å². The third kappa shape index (κ3) is 4.36. The maximum absolute atomic E-state index is 13.6. The first-order valence-electron chi connectivity index (χ1n) is 5.92. The molecule has 0 amide bonds. The molecule has 1 aromatic carbocycles. The van der Waals surface area contributed by atoms with Gasteiger partial charge in [0, 0.05) is 18.2 Å². The molecule has 0 fully saturated rings. The molecular weight excluding hydrogens is 288 g/mol. The van der Waals surface area contributed by atoms with Crippen molar-refractivity contribution in [2.75, 3.05) is 0 Å². The molecule has 1 nitrogen and oxygen atoms in total. The lowest BCUT2D eigenvalue weighted by molar-refractivity contribution is 0.469. The lowest BCUT2D eigenvalue weighted by Gasteiger charge is -2.14. The zero-order chi connectivity index (χ0) is 12.8. The molecule has 4 heteroatoms. The summed E-state index contributed by atoms with van der Waals surface area (Å²) in [4.78, 5) is 0. The van der Waals surface area contributed by atoms with Gasteiger partial charge in [-0.3, -0.25) is 0 Å². The Balaban J connectivity index is 2.60. The summed E-state index contributed by atoms with van der Waals surface area (Å²) < 4.78 is 27.4. The van der Waals surface area contributed by atoms with E-state index < -0.39 is 11.6 Å². The van der Waals surface area contributed by atoms with Gasteiger partial charge in [0.2, 0.25) is 0 Å². The predicted molar refractivity (Wildman–Crippen MR) is 69.9 cm³/mol. The summed E-state index contributed by atoms with van der Waals surface area (Å²) in [5.74, 6) is -1.01. The van der Waals surface area contributed by atoms with Crippen LogP contribution in [0, 0.1) is 11.6 Å². The van der Waals surface area contributed by atoms with E-state index in [0.717, 1.165) is 19.3 Å². The van der Waals surface area contributed by atoms with Crippen LogP contribution in [0.3, 0.4) is 0 Å². The van der Waals surface area contributed by atoms with Crippen LogP contribution in [0.4, 0.5) is 8.78 Å². The molecule has 0 aliphatic heterocycles. The third-order valence-electron chi connectivity index (χ3n) is 2.76. The van der Waals surface area contributed by atoms with Crippen molar-refractivity contribution in [3.8, 4) is 0 Å². The van der Waals surface area contributed by atoms with Crippen LogP contribution in [0.15, 0.2) is 16.6 Å². The molecule has 0 aromatic heterocycles. The van der Waals surface area contributed by atoms with Crippen molar-refractivity contribution < 1.29 is 8.78 Å². The number of nitrogens with one attached hydrogen (secondary N) is 1. The molecule has 0 aliphatic carbocycles. The minimum Gasteiger partial charge on any atom is -0.310 e. The molecule has 96 valence electrons. The van der Waals surface area contributed by atoms with Crippen molar-refractivity contribution in [1.82, 2.24) is 5.32 Å². The van der Waals surface area contributed by atoms with Crippen LogP contribution >= 0.6 is 15.9 Å². The van der Waals surface area contributed by atoms with Crippen molar-refractivity contribution in [1.29, 1.82) is 0 Å². The molecule has 0 aliphatic rings. The topological polar surface area (TPSA) is 12.0 Å². The maximum atomic E-state index is 13.6. The Labute approximate surface area is 110 Å². The summed E-state index contributed by atoms with van der Waals surface area (Å²) in [6.07, 6.45) is 3.27. The second kappa shape index (κ2) is 7.07. The molecule has 0 spiro atoms. The van der Waals surface area contributed by atoms with Gasteiger partial charge in [0.15, 0.2) is 0 Å². The number of halogens is 3. The summed E-state index contributed by atoms with van der Waals surface area (Å²) in [5, 5.41) is 3.14. The summed E-state index contributed by atoms with van der Waals surface area (Å²) in [5.41, 5.74) is 0.0997. The van der Waals surface area contributed by atoms with Crippen LogP contribution in [0.25, 0.3) is 0 Å². The van der Waals surface area contributed by atoms with Gasteiger partial charge in [0.25, 0.3) is 0 Å². The fourth-order valence-corrected chi connectivity index (χ4v) is 1.99. The van der Waals surface area contributed by atoms with Gasteiger partial charge in [0.05, 0.1) is 4.47 Å². The summed E-state index contributed by atoms with van der Waals surface area (Å²) in [7, 11) is 0. The van der Waals surface area contributed by atoms with Crippen LogP contribution < -0.4 is 5.32 Å². The van der Waals surface area contributed by atoms with Gasteiger partial charge in [-0.15, -0.1) is 0 Å².